The SMILES string of the molecule is CCOc1cc2nc(CC)c(C(=O)O)c(Nc3ccc(F)cc3F)c2cc1N1CCC(O)CC1. The number of anilines is 3. The normalized spacial score (nSPS) is 14.4. The number of benzene rings is 2. The smallest absolute Gasteiger partial charge is 0.339 e. The van der Waals surface area contributed by atoms with Gasteiger partial charge in [-0.25, -0.2) is 13.6 Å². The van der Waals surface area contributed by atoms with Crippen LogP contribution in [0.2, 0.25) is 0 Å². The van der Waals surface area contributed by atoms with Crippen LogP contribution in [0.1, 0.15) is 42.7 Å². The Hall–Kier alpha value is -3.46. The standard InChI is InChI=1S/C25H27F2N3O4/c1-3-18-23(25(32)33)24(29-19-6-5-14(26)11-17(19)27)16-12-21(30-9-7-15(31)8-10-30)22(34-4-2)13-20(16)28-18/h5-6,11-13,15,31H,3-4,7-10H2,1-2H3,(H,28,29)(H,32,33). The number of aliphatic hydroxyl groups is 1. The van der Waals surface area contributed by atoms with Crippen LogP contribution in [-0.2, 0) is 6.42 Å². The number of nitrogens with one attached hydrogen (secondary N) is 1. The Labute approximate surface area is 196 Å². The second-order valence-corrected chi connectivity index (χ2v) is 8.20. The third-order valence-electron chi connectivity index (χ3n) is 5.99. The van der Waals surface area contributed by atoms with Crippen molar-refractivity contribution in [2.75, 3.05) is 29.9 Å². The van der Waals surface area contributed by atoms with Crippen molar-refractivity contribution < 1.29 is 28.5 Å². The summed E-state index contributed by atoms with van der Waals surface area (Å²) in [4.78, 5) is 18.9. The second kappa shape index (κ2) is 9.80. The lowest BCUT2D eigenvalue weighted by atomic mass is 10.0. The Balaban J connectivity index is 1.96. The number of halogens is 2. The molecule has 7 nitrogen and oxygen atoms in total. The van der Waals surface area contributed by atoms with Crippen LogP contribution in [0, 0.1) is 11.6 Å². The summed E-state index contributed by atoms with van der Waals surface area (Å²) in [6.45, 7) is 5.30. The van der Waals surface area contributed by atoms with Gasteiger partial charge in [-0.3, -0.25) is 4.98 Å². The van der Waals surface area contributed by atoms with E-state index in [1.165, 1.54) is 6.07 Å². The summed E-state index contributed by atoms with van der Waals surface area (Å²) in [5.41, 5.74) is 1.64. The Morgan fingerprint density at radius 3 is 2.56 bits per heavy atom. The van der Waals surface area contributed by atoms with E-state index in [1.807, 2.05) is 6.92 Å². The fraction of sp³-hybridized carbons (Fsp3) is 0.360. The minimum Gasteiger partial charge on any atom is -0.492 e. The van der Waals surface area contributed by atoms with Crippen LogP contribution in [-0.4, -0.2) is 47.0 Å². The van der Waals surface area contributed by atoms with E-state index in [0.29, 0.717) is 61.3 Å². The summed E-state index contributed by atoms with van der Waals surface area (Å²) in [5, 5.41) is 23.3. The molecule has 0 radical (unpaired) electrons. The number of aryl methyl sites for hydroxylation is 1. The average Bonchev–Trinajstić information content (AvgIpc) is 2.80. The molecule has 9 heteroatoms. The first-order valence-corrected chi connectivity index (χ1v) is 11.3. The van der Waals surface area contributed by atoms with Crippen molar-refractivity contribution in [2.24, 2.45) is 0 Å². The molecule has 0 atom stereocenters. The van der Waals surface area contributed by atoms with E-state index >= 15 is 0 Å². The summed E-state index contributed by atoms with van der Waals surface area (Å²) < 4.78 is 33.8. The highest BCUT2D eigenvalue weighted by molar-refractivity contribution is 6.08. The number of pyridine rings is 1. The van der Waals surface area contributed by atoms with Crippen molar-refractivity contribution in [3.05, 3.63) is 53.2 Å². The predicted octanol–water partition coefficient (Wildman–Crippen LogP) is 4.88. The molecule has 0 amide bonds. The quantitative estimate of drug-likeness (QED) is 0.452. The van der Waals surface area contributed by atoms with Gasteiger partial charge in [-0.15, -0.1) is 0 Å². The number of carboxylic acids is 1. The molecule has 1 aromatic heterocycles. The van der Waals surface area contributed by atoms with Gasteiger partial charge in [0.05, 0.1) is 41.0 Å². The van der Waals surface area contributed by atoms with Gasteiger partial charge < -0.3 is 25.2 Å². The summed E-state index contributed by atoms with van der Waals surface area (Å²) in [6.07, 6.45) is 1.18. The summed E-state index contributed by atoms with van der Waals surface area (Å²) >= 11 is 0. The number of carboxylic acid groups (broad SMARTS) is 1. The molecule has 1 fully saturated rings. The molecule has 4 rings (SSSR count). The molecule has 180 valence electrons. The van der Waals surface area contributed by atoms with E-state index in [-0.39, 0.29) is 23.0 Å². The highest BCUT2D eigenvalue weighted by Gasteiger charge is 2.25. The minimum atomic E-state index is -1.20. The van der Waals surface area contributed by atoms with E-state index in [9.17, 15) is 23.8 Å². The number of nitrogens with zero attached hydrogens (tertiary/aromatic N) is 2. The van der Waals surface area contributed by atoms with Crippen molar-refractivity contribution in [1.29, 1.82) is 0 Å². The second-order valence-electron chi connectivity index (χ2n) is 8.20. The van der Waals surface area contributed by atoms with Gasteiger partial charge in [-0.1, -0.05) is 6.92 Å². The van der Waals surface area contributed by atoms with Crippen molar-refractivity contribution in [2.45, 2.75) is 39.2 Å². The van der Waals surface area contributed by atoms with Gasteiger partial charge in [0.1, 0.15) is 22.9 Å². The third kappa shape index (κ3) is 4.61. The number of hydrogen-bond donors (Lipinski definition) is 3. The van der Waals surface area contributed by atoms with Crippen LogP contribution in [0.3, 0.4) is 0 Å². The maximum absolute atomic E-state index is 14.5. The molecule has 0 aliphatic carbocycles. The summed E-state index contributed by atoms with van der Waals surface area (Å²) in [5.74, 6) is -2.17. The number of aromatic carboxylic acids is 1. The van der Waals surface area contributed by atoms with Crippen LogP contribution in [0.4, 0.5) is 25.8 Å². The molecule has 1 aliphatic heterocycles. The monoisotopic (exact) mass is 471 g/mol. The number of ether oxygens (including phenoxy) is 1. The molecule has 2 heterocycles. The van der Waals surface area contributed by atoms with Crippen LogP contribution >= 0.6 is 0 Å². The molecular weight excluding hydrogens is 444 g/mol. The predicted molar refractivity (Wildman–Crippen MR) is 126 cm³/mol. The number of piperidine rings is 1. The van der Waals surface area contributed by atoms with Crippen molar-refractivity contribution in [3.8, 4) is 5.75 Å². The van der Waals surface area contributed by atoms with E-state index in [1.54, 1.807) is 19.1 Å². The fourth-order valence-corrected chi connectivity index (χ4v) is 4.30. The number of carbonyl (C=O) groups is 1. The first-order valence-electron chi connectivity index (χ1n) is 11.3. The average molecular weight is 472 g/mol. The molecule has 0 spiro atoms. The number of aliphatic hydroxyl groups excluding tert-OH is 1. The maximum atomic E-state index is 14.5. The van der Waals surface area contributed by atoms with Crippen LogP contribution < -0.4 is 15.0 Å². The van der Waals surface area contributed by atoms with E-state index in [0.717, 1.165) is 17.8 Å². The molecule has 3 N–H and O–H groups in total. The largest absolute Gasteiger partial charge is 0.492 e. The summed E-state index contributed by atoms with van der Waals surface area (Å²) in [7, 11) is 0. The van der Waals surface area contributed by atoms with Crippen LogP contribution in [0.25, 0.3) is 10.9 Å². The first kappa shape index (κ1) is 23.7. The number of aromatic nitrogens is 1. The summed E-state index contributed by atoms with van der Waals surface area (Å²) in [6, 6.07) is 6.63. The molecule has 34 heavy (non-hydrogen) atoms. The zero-order chi connectivity index (χ0) is 24.4. The fourth-order valence-electron chi connectivity index (χ4n) is 4.30. The molecule has 0 saturated carbocycles. The number of fused-ring (bicyclic) bond motifs is 1. The van der Waals surface area contributed by atoms with Gasteiger partial charge in [0.25, 0.3) is 0 Å². The lowest BCUT2D eigenvalue weighted by Gasteiger charge is -2.33. The molecular formula is C25H27F2N3O4. The Kier molecular flexibility index (Phi) is 6.83. The van der Waals surface area contributed by atoms with Gasteiger partial charge >= 0.3 is 5.97 Å². The van der Waals surface area contributed by atoms with Gasteiger partial charge in [0.2, 0.25) is 0 Å². The zero-order valence-corrected chi connectivity index (χ0v) is 19.1. The van der Waals surface area contributed by atoms with E-state index < -0.39 is 17.6 Å². The zero-order valence-electron chi connectivity index (χ0n) is 19.1. The van der Waals surface area contributed by atoms with Crippen LogP contribution in [0.15, 0.2) is 30.3 Å². The van der Waals surface area contributed by atoms with Crippen molar-refractivity contribution >= 4 is 33.9 Å². The molecule has 3 aromatic rings. The van der Waals surface area contributed by atoms with Crippen LogP contribution in [0.5, 0.6) is 5.75 Å². The van der Waals surface area contributed by atoms with Gasteiger partial charge in [0.15, 0.2) is 0 Å². The number of hydrogen-bond acceptors (Lipinski definition) is 6. The lowest BCUT2D eigenvalue weighted by molar-refractivity contribution is 0.0696. The Morgan fingerprint density at radius 2 is 1.94 bits per heavy atom. The first-order chi connectivity index (χ1) is 16.3. The number of rotatable bonds is 7. The molecule has 1 saturated heterocycles. The van der Waals surface area contributed by atoms with Gasteiger partial charge in [0, 0.05) is 30.6 Å². The van der Waals surface area contributed by atoms with Gasteiger partial charge in [-0.2, -0.15) is 0 Å². The Morgan fingerprint density at radius 1 is 1.21 bits per heavy atom. The van der Waals surface area contributed by atoms with E-state index in [4.69, 9.17) is 4.74 Å². The Bertz CT molecular complexity index is 1230. The lowest BCUT2D eigenvalue weighted by Crippen LogP contribution is -2.36. The molecule has 1 aliphatic rings. The highest BCUT2D eigenvalue weighted by Crippen LogP contribution is 2.40. The maximum Gasteiger partial charge on any atom is 0.339 e. The third-order valence-corrected chi connectivity index (χ3v) is 5.99. The molecule has 0 unspecified atom stereocenters. The topological polar surface area (TPSA) is 94.9 Å². The van der Waals surface area contributed by atoms with E-state index in [2.05, 4.69) is 15.2 Å². The molecule has 0 bridgehead atoms. The highest BCUT2D eigenvalue weighted by atomic mass is 19.1. The van der Waals surface area contributed by atoms with Crippen molar-refractivity contribution in [3.63, 3.8) is 0 Å². The minimum absolute atomic E-state index is 0.0463. The van der Waals surface area contributed by atoms with Crippen molar-refractivity contribution in [1.82, 2.24) is 4.98 Å². The molecule has 2 aromatic carbocycles. The van der Waals surface area contributed by atoms with Gasteiger partial charge in [-0.05, 0) is 44.4 Å².